The van der Waals surface area contributed by atoms with Crippen molar-refractivity contribution in [3.05, 3.63) is 47.5 Å². The van der Waals surface area contributed by atoms with Crippen molar-refractivity contribution >= 4 is 11.8 Å². The molecule has 0 spiro atoms. The Kier molecular flexibility index (Phi) is 6.23. The number of nitrogens with one attached hydrogen (secondary N) is 1. The van der Waals surface area contributed by atoms with Gasteiger partial charge in [0.2, 0.25) is 11.8 Å². The molecule has 1 heterocycles. The lowest BCUT2D eigenvalue weighted by atomic mass is 10.1. The van der Waals surface area contributed by atoms with Crippen LogP contribution in [0, 0.1) is 17.3 Å². The molecule has 1 aliphatic heterocycles. The van der Waals surface area contributed by atoms with Crippen LogP contribution in [0.1, 0.15) is 33.3 Å². The smallest absolute Gasteiger partial charge is 0.234 e. The molecule has 0 bridgehead atoms. The lowest BCUT2D eigenvalue weighted by Gasteiger charge is -2.34. The monoisotopic (exact) mass is 383 g/mol. The third-order valence-corrected chi connectivity index (χ3v) is 6.07. The van der Waals surface area contributed by atoms with Crippen molar-refractivity contribution in [2.24, 2.45) is 17.3 Å². The van der Waals surface area contributed by atoms with Gasteiger partial charge >= 0.3 is 0 Å². The van der Waals surface area contributed by atoms with Crippen LogP contribution in [0.2, 0.25) is 0 Å². The molecular weight excluding hydrogens is 350 g/mol. The lowest BCUT2D eigenvalue weighted by Crippen LogP contribution is -2.51. The number of nitrogens with zero attached hydrogens (tertiary/aromatic N) is 2. The Morgan fingerprint density at radius 1 is 1.11 bits per heavy atom. The van der Waals surface area contributed by atoms with Crippen molar-refractivity contribution < 1.29 is 9.59 Å². The van der Waals surface area contributed by atoms with Gasteiger partial charge < -0.3 is 10.2 Å². The lowest BCUT2D eigenvalue weighted by molar-refractivity contribution is -0.135. The van der Waals surface area contributed by atoms with Crippen LogP contribution in [0.25, 0.3) is 0 Å². The van der Waals surface area contributed by atoms with Gasteiger partial charge in [-0.3, -0.25) is 14.5 Å². The molecule has 0 aromatic heterocycles. The van der Waals surface area contributed by atoms with E-state index in [0.717, 1.165) is 18.7 Å². The van der Waals surface area contributed by atoms with Crippen LogP contribution in [-0.2, 0) is 16.1 Å². The number of allylic oxidation sites excluding steroid dienone is 2. The molecular formula is C23H33N3O2. The Hall–Kier alpha value is -2.14. The predicted molar refractivity (Wildman–Crippen MR) is 112 cm³/mol. The van der Waals surface area contributed by atoms with Gasteiger partial charge in [-0.2, -0.15) is 0 Å². The summed E-state index contributed by atoms with van der Waals surface area (Å²) >= 11 is 0. The summed E-state index contributed by atoms with van der Waals surface area (Å²) in [7, 11) is 0. The fourth-order valence-corrected chi connectivity index (χ4v) is 4.20. The van der Waals surface area contributed by atoms with Gasteiger partial charge in [0.05, 0.1) is 12.5 Å². The maximum Gasteiger partial charge on any atom is 0.234 e. The first-order valence-electron chi connectivity index (χ1n) is 10.3. The van der Waals surface area contributed by atoms with Gasteiger partial charge in [-0.15, -0.1) is 0 Å². The molecule has 2 unspecified atom stereocenters. The molecule has 2 fully saturated rings. The summed E-state index contributed by atoms with van der Waals surface area (Å²) < 4.78 is 0. The third-order valence-electron chi connectivity index (χ3n) is 6.07. The fraction of sp³-hybridized carbons (Fsp3) is 0.565. The number of rotatable bonds is 6. The Balaban J connectivity index is 1.42. The standard InChI is InChI=1S/C23H33N3O2/c1-17(2)14-19-21(23(19,3)4)22(28)26-12-10-25(11-13-26)16-20(27)24-15-18-8-6-5-7-9-18/h5-9,14,19,21H,10-13,15-16H2,1-4H3,(H,24,27). The van der Waals surface area contributed by atoms with E-state index in [9.17, 15) is 9.59 Å². The van der Waals surface area contributed by atoms with Gasteiger partial charge in [-0.25, -0.2) is 0 Å². The van der Waals surface area contributed by atoms with Crippen molar-refractivity contribution in [2.75, 3.05) is 32.7 Å². The van der Waals surface area contributed by atoms with Crippen LogP contribution in [0.15, 0.2) is 42.0 Å². The number of amides is 2. The first-order chi connectivity index (χ1) is 13.3. The Morgan fingerprint density at radius 2 is 1.75 bits per heavy atom. The number of piperazine rings is 1. The number of carbonyl (C=O) groups excluding carboxylic acids is 2. The van der Waals surface area contributed by atoms with Crippen LogP contribution in [0.3, 0.4) is 0 Å². The zero-order chi connectivity index (χ0) is 20.3. The Labute approximate surface area is 168 Å². The van der Waals surface area contributed by atoms with Crippen LogP contribution in [0.4, 0.5) is 0 Å². The van der Waals surface area contributed by atoms with Crippen molar-refractivity contribution in [2.45, 2.75) is 34.2 Å². The molecule has 2 aliphatic rings. The minimum absolute atomic E-state index is 0.0376. The van der Waals surface area contributed by atoms with Crippen LogP contribution in [-0.4, -0.2) is 54.3 Å². The normalized spacial score (nSPS) is 23.8. The molecule has 3 rings (SSSR count). The molecule has 1 aromatic rings. The van der Waals surface area contributed by atoms with Gasteiger partial charge in [-0.05, 0) is 30.7 Å². The minimum atomic E-state index is 0.0376. The summed E-state index contributed by atoms with van der Waals surface area (Å²) in [6.07, 6.45) is 2.25. The molecule has 1 aromatic carbocycles. The molecule has 28 heavy (non-hydrogen) atoms. The molecule has 1 saturated carbocycles. The quantitative estimate of drug-likeness (QED) is 0.769. The molecule has 1 saturated heterocycles. The highest BCUT2D eigenvalue weighted by Crippen LogP contribution is 2.60. The molecule has 1 aliphatic carbocycles. The zero-order valence-electron chi connectivity index (χ0n) is 17.6. The highest BCUT2D eigenvalue weighted by Gasteiger charge is 2.61. The SMILES string of the molecule is CC(C)=CC1C(C(=O)N2CCN(CC(=O)NCc3ccccc3)CC2)C1(C)C. The van der Waals surface area contributed by atoms with Crippen LogP contribution in [0.5, 0.6) is 0 Å². The van der Waals surface area contributed by atoms with Gasteiger partial charge in [-0.1, -0.05) is 55.8 Å². The van der Waals surface area contributed by atoms with E-state index in [1.54, 1.807) is 0 Å². The minimum Gasteiger partial charge on any atom is -0.351 e. The predicted octanol–water partition coefficient (Wildman–Crippen LogP) is 2.69. The Bertz CT molecular complexity index is 729. The molecule has 5 heteroatoms. The Morgan fingerprint density at radius 3 is 2.36 bits per heavy atom. The van der Waals surface area contributed by atoms with Crippen LogP contribution < -0.4 is 5.32 Å². The van der Waals surface area contributed by atoms with E-state index in [1.807, 2.05) is 35.2 Å². The highest BCUT2D eigenvalue weighted by atomic mass is 16.2. The van der Waals surface area contributed by atoms with Crippen molar-refractivity contribution in [3.63, 3.8) is 0 Å². The van der Waals surface area contributed by atoms with E-state index in [-0.39, 0.29) is 23.1 Å². The van der Waals surface area contributed by atoms with Crippen molar-refractivity contribution in [1.29, 1.82) is 0 Å². The number of benzene rings is 1. The number of hydrogen-bond donors (Lipinski definition) is 1. The highest BCUT2D eigenvalue weighted by molar-refractivity contribution is 5.84. The average Bonchev–Trinajstić information content (AvgIpc) is 3.20. The maximum absolute atomic E-state index is 13.0. The molecule has 152 valence electrons. The van der Waals surface area contributed by atoms with Gasteiger partial charge in [0.25, 0.3) is 0 Å². The topological polar surface area (TPSA) is 52.7 Å². The fourth-order valence-electron chi connectivity index (χ4n) is 4.20. The first kappa shape index (κ1) is 20.6. The van der Waals surface area contributed by atoms with Gasteiger partial charge in [0.15, 0.2) is 0 Å². The van der Waals surface area contributed by atoms with Crippen molar-refractivity contribution in [3.8, 4) is 0 Å². The summed E-state index contributed by atoms with van der Waals surface area (Å²) in [6.45, 7) is 12.4. The average molecular weight is 384 g/mol. The number of hydrogen-bond acceptors (Lipinski definition) is 3. The zero-order valence-corrected chi connectivity index (χ0v) is 17.6. The molecule has 1 N–H and O–H groups in total. The second-order valence-corrected chi connectivity index (χ2v) is 8.93. The summed E-state index contributed by atoms with van der Waals surface area (Å²) in [5, 5.41) is 2.98. The molecule has 2 amide bonds. The van der Waals surface area contributed by atoms with E-state index in [4.69, 9.17) is 0 Å². The van der Waals surface area contributed by atoms with E-state index < -0.39 is 0 Å². The largest absolute Gasteiger partial charge is 0.351 e. The van der Waals surface area contributed by atoms with Gasteiger partial charge in [0.1, 0.15) is 0 Å². The maximum atomic E-state index is 13.0. The summed E-state index contributed by atoms with van der Waals surface area (Å²) in [6, 6.07) is 9.93. The van der Waals surface area contributed by atoms with E-state index in [0.29, 0.717) is 32.1 Å². The second-order valence-electron chi connectivity index (χ2n) is 8.93. The first-order valence-corrected chi connectivity index (χ1v) is 10.3. The number of carbonyl (C=O) groups is 2. The second kappa shape index (κ2) is 8.48. The van der Waals surface area contributed by atoms with E-state index in [1.165, 1.54) is 5.57 Å². The molecule has 0 radical (unpaired) electrons. The van der Waals surface area contributed by atoms with Gasteiger partial charge in [0, 0.05) is 32.7 Å². The molecule has 2 atom stereocenters. The third kappa shape index (κ3) is 4.82. The summed E-state index contributed by atoms with van der Waals surface area (Å²) in [5.74, 6) is 0.770. The van der Waals surface area contributed by atoms with E-state index in [2.05, 4.69) is 44.0 Å². The van der Waals surface area contributed by atoms with E-state index >= 15 is 0 Å². The van der Waals surface area contributed by atoms with Crippen LogP contribution >= 0.6 is 0 Å². The summed E-state index contributed by atoms with van der Waals surface area (Å²) in [5.41, 5.74) is 2.44. The molecule has 5 nitrogen and oxygen atoms in total. The summed E-state index contributed by atoms with van der Waals surface area (Å²) in [4.78, 5) is 29.3. The van der Waals surface area contributed by atoms with Crippen molar-refractivity contribution in [1.82, 2.24) is 15.1 Å².